The Balaban J connectivity index is 2.11. The number of carbonyl (C=O) groups is 1. The van der Waals surface area contributed by atoms with Gasteiger partial charge in [-0.3, -0.25) is 4.79 Å². The van der Waals surface area contributed by atoms with Crippen molar-refractivity contribution in [3.8, 4) is 0 Å². The molecule has 0 bridgehead atoms. The fraction of sp³-hybridized carbons (Fsp3) is 0.273. The lowest BCUT2D eigenvalue weighted by Gasteiger charge is -2.03. The summed E-state index contributed by atoms with van der Waals surface area (Å²) in [7, 11) is 0. The maximum Gasteiger partial charge on any atom is 0.269 e. The number of nitrogens with one attached hydrogen (secondary N) is 1. The molecule has 0 aromatic carbocycles. The summed E-state index contributed by atoms with van der Waals surface area (Å²) in [4.78, 5) is 16.5. The summed E-state index contributed by atoms with van der Waals surface area (Å²) in [5, 5.41) is 7.08. The Morgan fingerprint density at radius 3 is 3.00 bits per heavy atom. The maximum atomic E-state index is 12.0. The average Bonchev–Trinajstić information content (AvgIpc) is 2.81. The second kappa shape index (κ2) is 5.88. The molecule has 0 spiro atoms. The second-order valence-corrected chi connectivity index (χ2v) is 4.76. The molecule has 2 heterocycles. The van der Waals surface area contributed by atoms with Gasteiger partial charge in [-0.15, -0.1) is 5.10 Å². The van der Waals surface area contributed by atoms with Crippen molar-refractivity contribution < 1.29 is 4.79 Å². The summed E-state index contributed by atoms with van der Waals surface area (Å²) in [6.07, 6.45) is 3.18. The summed E-state index contributed by atoms with van der Waals surface area (Å²) < 4.78 is 3.81. The van der Waals surface area contributed by atoms with E-state index in [1.807, 2.05) is 6.92 Å². The van der Waals surface area contributed by atoms with Crippen LogP contribution in [0.1, 0.15) is 28.7 Å². The molecule has 2 aromatic heterocycles. The van der Waals surface area contributed by atoms with Crippen molar-refractivity contribution in [1.29, 1.82) is 0 Å². The van der Waals surface area contributed by atoms with Crippen molar-refractivity contribution in [1.82, 2.24) is 14.6 Å². The Hall–Kier alpha value is -1.53. The van der Waals surface area contributed by atoms with E-state index < -0.39 is 0 Å². The van der Waals surface area contributed by atoms with Crippen LogP contribution in [0, 0.1) is 0 Å². The van der Waals surface area contributed by atoms with E-state index in [-0.39, 0.29) is 5.91 Å². The number of carbonyl (C=O) groups excluding carboxylic acids is 1. The Bertz CT molecular complexity index is 540. The van der Waals surface area contributed by atoms with Crippen LogP contribution in [-0.4, -0.2) is 20.5 Å². The molecule has 1 amide bonds. The molecule has 0 saturated heterocycles. The third-order valence-corrected chi connectivity index (χ3v) is 3.22. The third-order valence-electron chi connectivity index (χ3n) is 2.23. The van der Waals surface area contributed by atoms with Gasteiger partial charge in [0, 0.05) is 0 Å². The first-order valence-corrected chi connectivity index (χ1v) is 6.60. The van der Waals surface area contributed by atoms with Crippen LogP contribution in [0.15, 0.2) is 18.3 Å². The lowest BCUT2D eigenvalue weighted by molar-refractivity contribution is 0.102. The molecule has 7 heteroatoms. The molecule has 0 atom stereocenters. The van der Waals surface area contributed by atoms with Gasteiger partial charge in [0.25, 0.3) is 5.91 Å². The molecule has 5 nitrogen and oxygen atoms in total. The van der Waals surface area contributed by atoms with Gasteiger partial charge in [-0.2, -0.15) is 0 Å². The number of anilines is 1. The molecule has 0 aliphatic heterocycles. The molecule has 0 saturated carbocycles. The second-order valence-electron chi connectivity index (χ2n) is 3.62. The summed E-state index contributed by atoms with van der Waals surface area (Å²) in [5.41, 5.74) is 1.34. The molecular formula is C11H11ClN4OS. The fourth-order valence-electron chi connectivity index (χ4n) is 1.42. The first-order valence-electron chi connectivity index (χ1n) is 5.45. The van der Waals surface area contributed by atoms with E-state index in [1.165, 1.54) is 6.20 Å². The molecule has 0 aliphatic rings. The largest absolute Gasteiger partial charge is 0.320 e. The van der Waals surface area contributed by atoms with E-state index in [4.69, 9.17) is 11.6 Å². The van der Waals surface area contributed by atoms with Gasteiger partial charge >= 0.3 is 0 Å². The molecule has 1 N–H and O–H groups in total. The first-order chi connectivity index (χ1) is 8.70. The van der Waals surface area contributed by atoms with Gasteiger partial charge < -0.3 is 5.32 Å². The topological polar surface area (TPSA) is 67.8 Å². The smallest absolute Gasteiger partial charge is 0.269 e. The number of nitrogens with zero attached hydrogens (tertiary/aromatic N) is 3. The normalized spacial score (nSPS) is 10.3. The maximum absolute atomic E-state index is 12.0. The highest BCUT2D eigenvalue weighted by Crippen LogP contribution is 2.16. The van der Waals surface area contributed by atoms with Crippen LogP contribution in [0.5, 0.6) is 0 Å². The number of rotatable bonds is 4. The van der Waals surface area contributed by atoms with Gasteiger partial charge in [0.1, 0.15) is 10.0 Å². The number of aromatic nitrogens is 3. The number of hydrogen-bond donors (Lipinski definition) is 1. The van der Waals surface area contributed by atoms with Gasteiger partial charge in [-0.25, -0.2) is 4.98 Å². The Morgan fingerprint density at radius 1 is 1.50 bits per heavy atom. The van der Waals surface area contributed by atoms with Crippen LogP contribution in [0.4, 0.5) is 5.69 Å². The van der Waals surface area contributed by atoms with Gasteiger partial charge in [0.15, 0.2) is 0 Å². The minimum Gasteiger partial charge on any atom is -0.320 e. The van der Waals surface area contributed by atoms with Crippen LogP contribution in [0.3, 0.4) is 0 Å². The zero-order valence-corrected chi connectivity index (χ0v) is 11.3. The van der Waals surface area contributed by atoms with Crippen molar-refractivity contribution in [2.24, 2.45) is 0 Å². The molecule has 18 heavy (non-hydrogen) atoms. The van der Waals surface area contributed by atoms with E-state index in [1.54, 1.807) is 12.1 Å². The third kappa shape index (κ3) is 3.02. The fourth-order valence-corrected chi connectivity index (χ4v) is 2.13. The number of halogens is 1. The minimum absolute atomic E-state index is 0.211. The minimum atomic E-state index is -0.211. The summed E-state index contributed by atoms with van der Waals surface area (Å²) in [6, 6.07) is 3.32. The van der Waals surface area contributed by atoms with E-state index in [9.17, 15) is 4.79 Å². The van der Waals surface area contributed by atoms with Crippen LogP contribution >= 0.6 is 23.1 Å². The van der Waals surface area contributed by atoms with Crippen molar-refractivity contribution in [3.05, 3.63) is 34.1 Å². The number of hydrogen-bond acceptors (Lipinski definition) is 5. The predicted octanol–water partition coefficient (Wildman–Crippen LogP) is 2.79. The summed E-state index contributed by atoms with van der Waals surface area (Å²) in [5.74, 6) is -0.211. The number of amides is 1. The Kier molecular flexibility index (Phi) is 4.22. The van der Waals surface area contributed by atoms with E-state index >= 15 is 0 Å². The first kappa shape index (κ1) is 12.9. The van der Waals surface area contributed by atoms with Crippen LogP contribution in [0.25, 0.3) is 0 Å². The van der Waals surface area contributed by atoms with Crippen molar-refractivity contribution >= 4 is 34.7 Å². The van der Waals surface area contributed by atoms with E-state index in [0.29, 0.717) is 15.7 Å². The molecule has 94 valence electrons. The molecule has 2 rings (SSSR count). The zero-order valence-electron chi connectivity index (χ0n) is 9.68. The lowest BCUT2D eigenvalue weighted by atomic mass is 10.2. The van der Waals surface area contributed by atoms with Gasteiger partial charge in [0.05, 0.1) is 17.6 Å². The van der Waals surface area contributed by atoms with E-state index in [0.717, 1.165) is 30.1 Å². The quantitative estimate of drug-likeness (QED) is 0.876. The van der Waals surface area contributed by atoms with Crippen LogP contribution in [-0.2, 0) is 6.42 Å². The Labute approximate surface area is 113 Å². The number of aryl methyl sites for hydroxylation is 1. The average molecular weight is 283 g/mol. The van der Waals surface area contributed by atoms with Crippen molar-refractivity contribution in [3.63, 3.8) is 0 Å². The molecule has 0 fully saturated rings. The highest BCUT2D eigenvalue weighted by Gasteiger charge is 2.15. The standard InChI is InChI=1S/C11H11ClN4OS/c1-2-3-8-10(18-16-15-8)11(17)14-7-4-5-9(12)13-6-7/h4-6H,2-3H2,1H3,(H,14,17). The highest BCUT2D eigenvalue weighted by molar-refractivity contribution is 7.08. The SMILES string of the molecule is CCCc1nnsc1C(=O)Nc1ccc(Cl)nc1. The number of pyridine rings is 1. The molecule has 0 radical (unpaired) electrons. The van der Waals surface area contributed by atoms with Gasteiger partial charge in [0.2, 0.25) is 0 Å². The summed E-state index contributed by atoms with van der Waals surface area (Å²) in [6.45, 7) is 2.03. The van der Waals surface area contributed by atoms with Crippen LogP contribution < -0.4 is 5.32 Å². The van der Waals surface area contributed by atoms with E-state index in [2.05, 4.69) is 19.9 Å². The van der Waals surface area contributed by atoms with Gasteiger partial charge in [-0.1, -0.05) is 29.4 Å². The predicted molar refractivity (Wildman–Crippen MR) is 71.1 cm³/mol. The van der Waals surface area contributed by atoms with Crippen molar-refractivity contribution in [2.45, 2.75) is 19.8 Å². The molecule has 2 aromatic rings. The highest BCUT2D eigenvalue weighted by atomic mass is 35.5. The van der Waals surface area contributed by atoms with Gasteiger partial charge in [-0.05, 0) is 30.1 Å². The monoisotopic (exact) mass is 282 g/mol. The lowest BCUT2D eigenvalue weighted by Crippen LogP contribution is -2.12. The van der Waals surface area contributed by atoms with Crippen molar-refractivity contribution in [2.75, 3.05) is 5.32 Å². The zero-order chi connectivity index (χ0) is 13.0. The molecule has 0 unspecified atom stereocenters. The molecular weight excluding hydrogens is 272 g/mol. The van der Waals surface area contributed by atoms with Crippen LogP contribution in [0.2, 0.25) is 5.15 Å². The molecule has 0 aliphatic carbocycles. The Morgan fingerprint density at radius 2 is 2.33 bits per heavy atom. The summed E-state index contributed by atoms with van der Waals surface area (Å²) >= 11 is 6.77.